The Kier molecular flexibility index (Phi) is 5.06. The molecule has 134 valence electrons. The van der Waals surface area contributed by atoms with Gasteiger partial charge in [0.05, 0.1) is 23.4 Å². The topological polar surface area (TPSA) is 85.4 Å². The third-order valence-electron chi connectivity index (χ3n) is 3.63. The van der Waals surface area contributed by atoms with Crippen molar-refractivity contribution in [1.82, 2.24) is 4.98 Å². The summed E-state index contributed by atoms with van der Waals surface area (Å²) >= 11 is 1.55. The lowest BCUT2D eigenvalue weighted by Crippen LogP contribution is -2.17. The molecule has 3 aromatic rings. The van der Waals surface area contributed by atoms with Gasteiger partial charge < -0.3 is 4.74 Å². The smallest absolute Gasteiger partial charge is 0.339 e. The number of benzene rings is 2. The fourth-order valence-electron chi connectivity index (χ4n) is 2.39. The van der Waals surface area contributed by atoms with Gasteiger partial charge in [0.2, 0.25) is 0 Å². The molecule has 3 rings (SSSR count). The van der Waals surface area contributed by atoms with Crippen molar-refractivity contribution in [3.8, 4) is 11.3 Å². The average molecular weight is 388 g/mol. The standard InChI is InChI=1S/C18H16N2O4S2/c1-12-19-16(11-25-12)13-7-9-14(10-8-13)20-26(22,23)17-6-4-3-5-15(17)18(21)24-2/h3-11,20H,1-2H3. The van der Waals surface area contributed by atoms with Crippen molar-refractivity contribution in [3.63, 3.8) is 0 Å². The minimum absolute atomic E-state index is 0.0166. The molecule has 8 heteroatoms. The first-order valence-electron chi connectivity index (χ1n) is 7.63. The lowest BCUT2D eigenvalue weighted by atomic mass is 10.1. The highest BCUT2D eigenvalue weighted by Gasteiger charge is 2.22. The monoisotopic (exact) mass is 388 g/mol. The average Bonchev–Trinajstić information content (AvgIpc) is 3.08. The molecule has 0 aliphatic carbocycles. The Balaban J connectivity index is 1.88. The van der Waals surface area contributed by atoms with Gasteiger partial charge in [-0.25, -0.2) is 18.2 Å². The number of nitrogens with zero attached hydrogens (tertiary/aromatic N) is 1. The number of nitrogens with one attached hydrogen (secondary N) is 1. The zero-order valence-electron chi connectivity index (χ0n) is 14.1. The molecule has 0 atom stereocenters. The van der Waals surface area contributed by atoms with Crippen LogP contribution in [0.5, 0.6) is 0 Å². The van der Waals surface area contributed by atoms with E-state index in [0.29, 0.717) is 5.69 Å². The molecule has 1 heterocycles. The maximum atomic E-state index is 12.7. The number of rotatable bonds is 5. The molecule has 2 aromatic carbocycles. The molecule has 0 saturated heterocycles. The number of aromatic nitrogens is 1. The van der Waals surface area contributed by atoms with Gasteiger partial charge in [-0.2, -0.15) is 0 Å². The Morgan fingerprint density at radius 1 is 1.12 bits per heavy atom. The summed E-state index contributed by atoms with van der Waals surface area (Å²) in [5.41, 5.74) is 2.11. The van der Waals surface area contributed by atoms with E-state index in [1.54, 1.807) is 47.7 Å². The van der Waals surface area contributed by atoms with Crippen molar-refractivity contribution < 1.29 is 17.9 Å². The van der Waals surface area contributed by atoms with Gasteiger partial charge in [0.1, 0.15) is 4.90 Å². The number of esters is 1. The summed E-state index contributed by atoms with van der Waals surface area (Å²) in [7, 11) is -2.73. The highest BCUT2D eigenvalue weighted by molar-refractivity contribution is 7.92. The summed E-state index contributed by atoms with van der Waals surface area (Å²) in [5.74, 6) is -0.708. The zero-order chi connectivity index (χ0) is 18.7. The number of methoxy groups -OCH3 is 1. The molecule has 0 radical (unpaired) electrons. The molecule has 0 spiro atoms. The highest BCUT2D eigenvalue weighted by atomic mass is 32.2. The number of carbonyl (C=O) groups is 1. The van der Waals surface area contributed by atoms with Crippen LogP contribution in [0.15, 0.2) is 58.8 Å². The van der Waals surface area contributed by atoms with Crippen LogP contribution in [0.4, 0.5) is 5.69 Å². The zero-order valence-corrected chi connectivity index (χ0v) is 15.7. The maximum Gasteiger partial charge on any atom is 0.339 e. The molecule has 0 amide bonds. The van der Waals surface area contributed by atoms with Gasteiger partial charge in [-0.1, -0.05) is 24.3 Å². The van der Waals surface area contributed by atoms with E-state index in [2.05, 4.69) is 14.4 Å². The minimum atomic E-state index is -3.94. The van der Waals surface area contributed by atoms with Gasteiger partial charge in [-0.05, 0) is 31.2 Å². The number of hydrogen-bond donors (Lipinski definition) is 1. The van der Waals surface area contributed by atoms with Crippen LogP contribution in [-0.4, -0.2) is 26.5 Å². The van der Waals surface area contributed by atoms with E-state index in [1.165, 1.54) is 19.2 Å². The van der Waals surface area contributed by atoms with Crippen molar-refractivity contribution >= 4 is 33.0 Å². The predicted molar refractivity (Wildman–Crippen MR) is 101 cm³/mol. The van der Waals surface area contributed by atoms with Crippen molar-refractivity contribution in [3.05, 3.63) is 64.5 Å². The van der Waals surface area contributed by atoms with E-state index in [1.807, 2.05) is 12.3 Å². The van der Waals surface area contributed by atoms with Crippen LogP contribution < -0.4 is 4.72 Å². The molecule has 0 saturated carbocycles. The van der Waals surface area contributed by atoms with Crippen LogP contribution in [0.1, 0.15) is 15.4 Å². The van der Waals surface area contributed by atoms with E-state index in [-0.39, 0.29) is 10.5 Å². The lowest BCUT2D eigenvalue weighted by molar-refractivity contribution is 0.0596. The largest absolute Gasteiger partial charge is 0.465 e. The Morgan fingerprint density at radius 2 is 1.81 bits per heavy atom. The third kappa shape index (κ3) is 3.76. The van der Waals surface area contributed by atoms with Gasteiger partial charge in [0.25, 0.3) is 10.0 Å². The van der Waals surface area contributed by atoms with Crippen LogP contribution in [-0.2, 0) is 14.8 Å². The summed E-state index contributed by atoms with van der Waals surface area (Å²) in [4.78, 5) is 16.1. The van der Waals surface area contributed by atoms with Crippen LogP contribution >= 0.6 is 11.3 Å². The molecule has 26 heavy (non-hydrogen) atoms. The fourth-order valence-corrected chi connectivity index (χ4v) is 4.27. The first-order chi connectivity index (χ1) is 12.4. The van der Waals surface area contributed by atoms with Crippen LogP contribution in [0.2, 0.25) is 0 Å². The number of anilines is 1. The van der Waals surface area contributed by atoms with Crippen LogP contribution in [0.25, 0.3) is 11.3 Å². The summed E-state index contributed by atoms with van der Waals surface area (Å²) in [6, 6.07) is 12.8. The van der Waals surface area contributed by atoms with Gasteiger partial charge in [-0.3, -0.25) is 4.72 Å². The van der Waals surface area contributed by atoms with Crippen molar-refractivity contribution in [2.75, 3.05) is 11.8 Å². The van der Waals surface area contributed by atoms with E-state index >= 15 is 0 Å². The van der Waals surface area contributed by atoms with Crippen molar-refractivity contribution in [2.24, 2.45) is 0 Å². The highest BCUT2D eigenvalue weighted by Crippen LogP contribution is 2.25. The first-order valence-corrected chi connectivity index (χ1v) is 10.00. The number of sulfonamides is 1. The van der Waals surface area contributed by atoms with E-state index < -0.39 is 16.0 Å². The second-order valence-electron chi connectivity index (χ2n) is 5.42. The molecule has 0 unspecified atom stereocenters. The molecular formula is C18H16N2O4S2. The number of hydrogen-bond acceptors (Lipinski definition) is 6. The Bertz CT molecular complexity index is 1040. The second kappa shape index (κ2) is 7.27. The van der Waals surface area contributed by atoms with Crippen LogP contribution in [0.3, 0.4) is 0 Å². The van der Waals surface area contributed by atoms with Crippen LogP contribution in [0, 0.1) is 6.92 Å². The van der Waals surface area contributed by atoms with E-state index in [9.17, 15) is 13.2 Å². The van der Waals surface area contributed by atoms with E-state index in [0.717, 1.165) is 16.3 Å². The SMILES string of the molecule is COC(=O)c1ccccc1S(=O)(=O)Nc1ccc(-c2csc(C)n2)cc1. The fraction of sp³-hybridized carbons (Fsp3) is 0.111. The van der Waals surface area contributed by atoms with Gasteiger partial charge in [0, 0.05) is 16.6 Å². The van der Waals surface area contributed by atoms with Crippen molar-refractivity contribution in [1.29, 1.82) is 0 Å². The lowest BCUT2D eigenvalue weighted by Gasteiger charge is -2.11. The summed E-state index contributed by atoms with van der Waals surface area (Å²) in [5, 5.41) is 2.91. The molecule has 0 bridgehead atoms. The molecule has 1 N–H and O–H groups in total. The number of carbonyl (C=O) groups excluding carboxylic acids is 1. The van der Waals surface area contributed by atoms with Crippen molar-refractivity contribution in [2.45, 2.75) is 11.8 Å². The predicted octanol–water partition coefficient (Wildman–Crippen LogP) is 3.71. The molecule has 0 aliphatic rings. The molecule has 0 fully saturated rings. The molecule has 0 aliphatic heterocycles. The quantitative estimate of drug-likeness (QED) is 0.674. The summed E-state index contributed by atoms with van der Waals surface area (Å²) < 4.78 is 32.5. The third-order valence-corrected chi connectivity index (χ3v) is 5.85. The number of thiazole rings is 1. The van der Waals surface area contributed by atoms with Gasteiger partial charge in [-0.15, -0.1) is 11.3 Å². The van der Waals surface area contributed by atoms with Gasteiger partial charge >= 0.3 is 5.97 Å². The van der Waals surface area contributed by atoms with E-state index in [4.69, 9.17) is 0 Å². The number of ether oxygens (including phenoxy) is 1. The second-order valence-corrected chi connectivity index (χ2v) is 8.14. The Labute approximate surface area is 155 Å². The normalized spacial score (nSPS) is 11.2. The Hall–Kier alpha value is -2.71. The number of aryl methyl sites for hydroxylation is 1. The molecular weight excluding hydrogens is 372 g/mol. The minimum Gasteiger partial charge on any atom is -0.465 e. The first kappa shape index (κ1) is 18.1. The Morgan fingerprint density at radius 3 is 2.42 bits per heavy atom. The summed E-state index contributed by atoms with van der Waals surface area (Å²) in [6.07, 6.45) is 0. The molecule has 1 aromatic heterocycles. The van der Waals surface area contributed by atoms with Gasteiger partial charge in [0.15, 0.2) is 0 Å². The summed E-state index contributed by atoms with van der Waals surface area (Å²) in [6.45, 7) is 1.93. The maximum absolute atomic E-state index is 12.7. The molecule has 6 nitrogen and oxygen atoms in total.